The lowest BCUT2D eigenvalue weighted by Gasteiger charge is -2.64. The van der Waals surface area contributed by atoms with Crippen molar-refractivity contribution >= 4 is 16.1 Å². The van der Waals surface area contributed by atoms with Crippen molar-refractivity contribution in [3.63, 3.8) is 0 Å². The minimum absolute atomic E-state index is 0.0126. The van der Waals surface area contributed by atoms with Gasteiger partial charge in [-0.25, -0.2) is 17.9 Å². The Morgan fingerprint density at radius 3 is 2.27 bits per heavy atom. The Hall–Kier alpha value is -1.84. The van der Waals surface area contributed by atoms with Crippen LogP contribution in [0, 0.1) is 52.3 Å². The van der Waals surface area contributed by atoms with Crippen LogP contribution in [0.4, 0.5) is 4.79 Å². The molecule has 5 saturated carbocycles. The molecule has 11 atom stereocenters. The molecule has 3 N–H and O–H groups in total. The van der Waals surface area contributed by atoms with Crippen LogP contribution in [0.15, 0.2) is 29.2 Å². The van der Waals surface area contributed by atoms with E-state index in [1.165, 1.54) is 12.1 Å². The summed E-state index contributed by atoms with van der Waals surface area (Å²) in [6.07, 6.45) is 9.42. The fourth-order valence-corrected chi connectivity index (χ4v) is 12.1. The number of fused-ring (bicyclic) bond motifs is 5. The van der Waals surface area contributed by atoms with Gasteiger partial charge in [-0.2, -0.15) is 0 Å². The van der Waals surface area contributed by atoms with Gasteiger partial charge in [-0.1, -0.05) is 34.1 Å². The summed E-state index contributed by atoms with van der Waals surface area (Å²) >= 11 is 0. The number of amides is 1. The molecule has 0 spiro atoms. The molecule has 0 bridgehead atoms. The first-order valence-corrected chi connectivity index (χ1v) is 19.0. The summed E-state index contributed by atoms with van der Waals surface area (Å²) < 4.78 is 39.5. The van der Waals surface area contributed by atoms with Gasteiger partial charge in [0.25, 0.3) is 10.0 Å². The first kappa shape index (κ1) is 33.1. The molecule has 5 aliphatic carbocycles. The molecule has 45 heavy (non-hydrogen) atoms. The zero-order valence-corrected chi connectivity index (χ0v) is 28.7. The van der Waals surface area contributed by atoms with Crippen LogP contribution < -0.4 is 9.46 Å². The maximum atomic E-state index is 12.9. The Morgan fingerprint density at radius 2 is 1.62 bits per heavy atom. The lowest BCUT2D eigenvalue weighted by atomic mass is 9.41. The van der Waals surface area contributed by atoms with Crippen LogP contribution in [0.3, 0.4) is 0 Å². The predicted molar refractivity (Wildman–Crippen MR) is 172 cm³/mol. The average molecular weight is 646 g/mol. The van der Waals surface area contributed by atoms with Gasteiger partial charge in [0.15, 0.2) is 0 Å². The fraction of sp³-hybridized carbons (Fsp3) is 0.806. The van der Waals surface area contributed by atoms with Crippen LogP contribution in [0.1, 0.15) is 105 Å². The zero-order chi connectivity index (χ0) is 32.4. The molecule has 1 amide bonds. The highest BCUT2D eigenvalue weighted by Gasteiger charge is 2.65. The number of carbonyl (C=O) groups is 1. The van der Waals surface area contributed by atoms with Crippen molar-refractivity contribution < 1.29 is 32.9 Å². The van der Waals surface area contributed by atoms with Gasteiger partial charge >= 0.3 is 6.09 Å². The second kappa shape index (κ2) is 12.0. The van der Waals surface area contributed by atoms with Gasteiger partial charge in [0.1, 0.15) is 11.4 Å². The Morgan fingerprint density at radius 1 is 0.956 bits per heavy atom. The topological polar surface area (TPSA) is 122 Å². The molecule has 5 aliphatic rings. The van der Waals surface area contributed by atoms with Crippen LogP contribution in [-0.2, 0) is 14.8 Å². The molecule has 1 aromatic carbocycles. The zero-order valence-electron chi connectivity index (χ0n) is 27.8. The maximum absolute atomic E-state index is 12.9. The van der Waals surface area contributed by atoms with Gasteiger partial charge in [-0.05, 0) is 148 Å². The Bertz CT molecular complexity index is 1350. The lowest BCUT2D eigenvalue weighted by molar-refractivity contribution is -0.203. The monoisotopic (exact) mass is 645 g/mol. The van der Waals surface area contributed by atoms with Crippen LogP contribution in [0.5, 0.6) is 5.75 Å². The van der Waals surface area contributed by atoms with E-state index in [1.54, 1.807) is 12.1 Å². The summed E-state index contributed by atoms with van der Waals surface area (Å²) in [5.41, 5.74) is -0.00272. The number of benzene rings is 1. The largest absolute Gasteiger partial charge is 0.488 e. The van der Waals surface area contributed by atoms with Crippen molar-refractivity contribution in [2.24, 2.45) is 52.3 Å². The summed E-state index contributed by atoms with van der Waals surface area (Å²) in [6, 6.07) is 6.15. The maximum Gasteiger partial charge on any atom is 0.421 e. The number of ether oxygens (including phenoxy) is 2. The third-order valence-electron chi connectivity index (χ3n) is 13.8. The summed E-state index contributed by atoms with van der Waals surface area (Å²) in [5.74, 6) is 2.71. The molecule has 8 nitrogen and oxygen atoms in total. The van der Waals surface area contributed by atoms with Crippen LogP contribution >= 0.6 is 0 Å². The second-order valence-corrected chi connectivity index (χ2v) is 17.9. The van der Waals surface area contributed by atoms with E-state index in [2.05, 4.69) is 39.3 Å². The number of sulfonamides is 1. The first-order valence-electron chi connectivity index (χ1n) is 17.6. The van der Waals surface area contributed by atoms with Gasteiger partial charge in [0.2, 0.25) is 0 Å². The normalized spacial score (nSPS) is 41.0. The van der Waals surface area contributed by atoms with E-state index in [0.29, 0.717) is 29.4 Å². The third kappa shape index (κ3) is 5.81. The summed E-state index contributed by atoms with van der Waals surface area (Å²) in [6.45, 7) is 11.3. The smallest absolute Gasteiger partial charge is 0.421 e. The minimum Gasteiger partial charge on any atom is -0.488 e. The van der Waals surface area contributed by atoms with E-state index in [-0.39, 0.29) is 57.9 Å². The van der Waals surface area contributed by atoms with E-state index < -0.39 is 16.1 Å². The molecule has 0 radical (unpaired) electrons. The number of carbonyl (C=O) groups excluding carboxylic acids is 1. The number of aliphatic hydroxyl groups excluding tert-OH is 2. The highest BCUT2D eigenvalue weighted by molar-refractivity contribution is 7.90. The number of nitrogens with one attached hydrogen (secondary N) is 1. The summed E-state index contributed by atoms with van der Waals surface area (Å²) in [5, 5.41) is 22.5. The van der Waals surface area contributed by atoms with E-state index in [1.807, 2.05) is 0 Å². The molecule has 0 unspecified atom stereocenters. The number of rotatable bonds is 8. The van der Waals surface area contributed by atoms with Gasteiger partial charge in [0, 0.05) is 0 Å². The Labute approximate surface area is 270 Å². The molecule has 6 rings (SSSR count). The van der Waals surface area contributed by atoms with Crippen LogP contribution in [0.25, 0.3) is 0 Å². The molecule has 1 aromatic rings. The molecule has 0 aromatic heterocycles. The van der Waals surface area contributed by atoms with Gasteiger partial charge in [0.05, 0.1) is 23.7 Å². The predicted octanol–water partition coefficient (Wildman–Crippen LogP) is 6.69. The molecule has 0 aliphatic heterocycles. The number of hydrogen-bond acceptors (Lipinski definition) is 7. The van der Waals surface area contributed by atoms with E-state index in [0.717, 1.165) is 70.6 Å². The lowest BCUT2D eigenvalue weighted by Crippen LogP contribution is -2.62. The van der Waals surface area contributed by atoms with Crippen LogP contribution in [0.2, 0.25) is 0 Å². The standard InChI is InChI=1S/C36H55NO7S/c1-6-26-30-20-23(38)14-18-36(30,5)29-15-19-35(4)27(12-13-28(35)31(29)32(26)39)22(2)21-43-33(40)37-45(41,42)25-10-8-24(9-11-25)44-34(3)16-7-17-34/h8-11,22-23,26-32,38-39H,6-7,12-21H2,1-5H3,(H,37,40)/t22-,23-,26-,27-,28+,29+,30+,31+,32-,35-,36-/m1/s1. The first-order chi connectivity index (χ1) is 21.2. The molecular formula is C36H55NO7S. The van der Waals surface area contributed by atoms with Gasteiger partial charge in [-0.15, -0.1) is 0 Å². The highest BCUT2D eigenvalue weighted by atomic mass is 32.2. The molecule has 252 valence electrons. The fourth-order valence-electron chi connectivity index (χ4n) is 11.2. The quantitative estimate of drug-likeness (QED) is 0.288. The summed E-state index contributed by atoms with van der Waals surface area (Å²) in [7, 11) is -4.08. The van der Waals surface area contributed by atoms with Crippen molar-refractivity contribution in [2.75, 3.05) is 6.61 Å². The average Bonchev–Trinajstić information content (AvgIpc) is 3.33. The van der Waals surface area contributed by atoms with Crippen molar-refractivity contribution in [1.29, 1.82) is 0 Å². The van der Waals surface area contributed by atoms with Crippen molar-refractivity contribution in [2.45, 2.75) is 128 Å². The summed E-state index contributed by atoms with van der Waals surface area (Å²) in [4.78, 5) is 12.7. The van der Waals surface area contributed by atoms with Crippen molar-refractivity contribution in [3.05, 3.63) is 24.3 Å². The van der Waals surface area contributed by atoms with Crippen LogP contribution in [-0.4, -0.2) is 49.1 Å². The van der Waals surface area contributed by atoms with Gasteiger partial charge < -0.3 is 19.7 Å². The molecule has 5 fully saturated rings. The molecule has 0 heterocycles. The molecule has 9 heteroatoms. The Kier molecular flexibility index (Phi) is 8.82. The Balaban J connectivity index is 1.08. The number of hydrogen-bond donors (Lipinski definition) is 3. The van der Waals surface area contributed by atoms with Gasteiger partial charge in [-0.3, -0.25) is 0 Å². The number of aliphatic hydroxyl groups is 2. The van der Waals surface area contributed by atoms with E-state index >= 15 is 0 Å². The molecular weight excluding hydrogens is 590 g/mol. The van der Waals surface area contributed by atoms with E-state index in [9.17, 15) is 23.4 Å². The third-order valence-corrected chi connectivity index (χ3v) is 15.1. The second-order valence-electron chi connectivity index (χ2n) is 16.2. The molecule has 0 saturated heterocycles. The highest BCUT2D eigenvalue weighted by Crippen LogP contribution is 2.69. The minimum atomic E-state index is -4.08. The van der Waals surface area contributed by atoms with Crippen molar-refractivity contribution in [1.82, 2.24) is 4.72 Å². The van der Waals surface area contributed by atoms with Crippen molar-refractivity contribution in [3.8, 4) is 5.75 Å². The van der Waals surface area contributed by atoms with E-state index in [4.69, 9.17) is 9.47 Å². The SMILES string of the molecule is CC[C@H]1[C@@H](O)[C@@H]2[C@H](CC[C@]3(C)[C@@H]([C@H](C)COC(=O)NS(=O)(=O)c4ccc(OC5(C)CCC5)cc4)CC[C@@H]23)[C@@]2(C)CC[C@@H](O)C[C@@H]12.